The third-order valence-corrected chi connectivity index (χ3v) is 5.50. The van der Waals surface area contributed by atoms with E-state index in [9.17, 15) is 0 Å². The van der Waals surface area contributed by atoms with Gasteiger partial charge in [0.2, 0.25) is 0 Å². The van der Waals surface area contributed by atoms with Crippen LogP contribution in [0.15, 0.2) is 90.1 Å². The first-order valence-corrected chi connectivity index (χ1v) is 10.6. The molecule has 0 unspecified atom stereocenters. The zero-order valence-corrected chi connectivity index (χ0v) is 17.4. The van der Waals surface area contributed by atoms with E-state index in [4.69, 9.17) is 0 Å². The molecule has 0 aliphatic heterocycles. The van der Waals surface area contributed by atoms with Crippen LogP contribution in [-0.2, 0) is 0 Å². The van der Waals surface area contributed by atoms with Gasteiger partial charge < -0.3 is 0 Å². The van der Waals surface area contributed by atoms with Crippen LogP contribution in [0.5, 0.6) is 0 Å². The summed E-state index contributed by atoms with van der Waals surface area (Å²) in [5.41, 5.74) is 5.80. The lowest BCUT2D eigenvalue weighted by molar-refractivity contribution is 0.887. The normalized spacial score (nSPS) is 11.2. The lowest BCUT2D eigenvalue weighted by Gasteiger charge is -2.10. The zero-order valence-electron chi connectivity index (χ0n) is 16.6. The van der Waals surface area contributed by atoms with E-state index in [0.29, 0.717) is 0 Å². The third kappa shape index (κ3) is 4.66. The maximum atomic E-state index is 4.53. The minimum atomic E-state index is 0.826. The number of benzene rings is 3. The summed E-state index contributed by atoms with van der Waals surface area (Å²) in [6, 6.07) is 27.2. The van der Waals surface area contributed by atoms with Crippen molar-refractivity contribution in [3.8, 4) is 17.1 Å². The molecular weight excluding hydrogens is 374 g/mol. The second kappa shape index (κ2) is 8.93. The highest BCUT2D eigenvalue weighted by atomic mass is 32.2. The van der Waals surface area contributed by atoms with E-state index in [1.54, 1.807) is 11.8 Å². The molecule has 0 bridgehead atoms. The van der Waals surface area contributed by atoms with Gasteiger partial charge in [0.1, 0.15) is 0 Å². The van der Waals surface area contributed by atoms with Crippen LogP contribution in [0.1, 0.15) is 16.7 Å². The third-order valence-electron chi connectivity index (χ3n) is 4.62. The first-order chi connectivity index (χ1) is 14.2. The molecule has 0 saturated heterocycles. The summed E-state index contributed by atoms with van der Waals surface area (Å²) >= 11 is 1.69. The fourth-order valence-electron chi connectivity index (χ4n) is 3.13. The van der Waals surface area contributed by atoms with E-state index in [1.165, 1.54) is 16.7 Å². The highest BCUT2D eigenvalue weighted by Gasteiger charge is 2.15. The molecule has 0 radical (unpaired) electrons. The molecule has 3 nitrogen and oxygen atoms in total. The summed E-state index contributed by atoms with van der Waals surface area (Å²) in [6.07, 6.45) is 4.31. The van der Waals surface area contributed by atoms with Gasteiger partial charge in [0.25, 0.3) is 0 Å². The average Bonchev–Trinajstić information content (AvgIpc) is 3.16. The second-order valence-electron chi connectivity index (χ2n) is 6.97. The van der Waals surface area contributed by atoms with Gasteiger partial charge in [-0.2, -0.15) is 0 Å². The number of aromatic nitrogens is 3. The standard InChI is InChI=1S/C25H23N3S/c1-19-13-15-23(16-14-19)28-24(22-12-6-8-20(2)18-22)26-27-25(28)29-17-7-11-21-9-4-3-5-10-21/h3-16,18H,17H2,1-2H3/b11-7+. The van der Waals surface area contributed by atoms with Crippen molar-refractivity contribution >= 4 is 17.8 Å². The van der Waals surface area contributed by atoms with Crippen molar-refractivity contribution in [3.05, 3.63) is 102 Å². The summed E-state index contributed by atoms with van der Waals surface area (Å²) < 4.78 is 2.15. The maximum Gasteiger partial charge on any atom is 0.196 e. The first kappa shape index (κ1) is 19.2. The summed E-state index contributed by atoms with van der Waals surface area (Å²) in [4.78, 5) is 0. The van der Waals surface area contributed by atoms with Gasteiger partial charge in [-0.1, -0.05) is 95.7 Å². The number of nitrogens with zero attached hydrogens (tertiary/aromatic N) is 3. The Balaban J connectivity index is 1.64. The van der Waals surface area contributed by atoms with Crippen molar-refractivity contribution in [1.82, 2.24) is 14.8 Å². The van der Waals surface area contributed by atoms with Crippen LogP contribution in [0.25, 0.3) is 23.2 Å². The van der Waals surface area contributed by atoms with Crippen molar-refractivity contribution < 1.29 is 0 Å². The van der Waals surface area contributed by atoms with Crippen molar-refractivity contribution in [2.24, 2.45) is 0 Å². The van der Waals surface area contributed by atoms with Gasteiger partial charge in [0, 0.05) is 17.0 Å². The van der Waals surface area contributed by atoms with Crippen molar-refractivity contribution in [2.45, 2.75) is 19.0 Å². The Labute approximate surface area is 176 Å². The van der Waals surface area contributed by atoms with Gasteiger partial charge in [-0.05, 0) is 37.6 Å². The van der Waals surface area contributed by atoms with E-state index in [-0.39, 0.29) is 0 Å². The van der Waals surface area contributed by atoms with E-state index in [2.05, 4.69) is 114 Å². The number of aryl methyl sites for hydroxylation is 2. The molecule has 144 valence electrons. The van der Waals surface area contributed by atoms with Gasteiger partial charge >= 0.3 is 0 Å². The fraction of sp³-hybridized carbons (Fsp3) is 0.120. The molecule has 1 aromatic heterocycles. The van der Waals surface area contributed by atoms with E-state index in [1.807, 2.05) is 6.07 Å². The molecule has 0 amide bonds. The molecule has 0 spiro atoms. The molecule has 3 aromatic carbocycles. The van der Waals surface area contributed by atoms with Crippen LogP contribution in [0.3, 0.4) is 0 Å². The quantitative estimate of drug-likeness (QED) is 0.355. The minimum absolute atomic E-state index is 0.826. The van der Waals surface area contributed by atoms with Gasteiger partial charge in [-0.3, -0.25) is 4.57 Å². The highest BCUT2D eigenvalue weighted by molar-refractivity contribution is 7.99. The first-order valence-electron chi connectivity index (χ1n) is 9.64. The Morgan fingerprint density at radius 1 is 0.828 bits per heavy atom. The van der Waals surface area contributed by atoms with Crippen molar-refractivity contribution in [1.29, 1.82) is 0 Å². The Morgan fingerprint density at radius 2 is 1.62 bits per heavy atom. The van der Waals surface area contributed by atoms with Crippen LogP contribution in [0, 0.1) is 13.8 Å². The summed E-state index contributed by atoms with van der Waals surface area (Å²) in [7, 11) is 0. The molecule has 0 fully saturated rings. The Morgan fingerprint density at radius 3 is 2.38 bits per heavy atom. The van der Waals surface area contributed by atoms with Gasteiger partial charge in [-0.25, -0.2) is 0 Å². The van der Waals surface area contributed by atoms with E-state index >= 15 is 0 Å². The topological polar surface area (TPSA) is 30.7 Å². The van der Waals surface area contributed by atoms with Crippen LogP contribution in [0.2, 0.25) is 0 Å². The molecule has 4 rings (SSSR count). The van der Waals surface area contributed by atoms with Crippen LogP contribution < -0.4 is 0 Å². The molecular formula is C25H23N3S. The molecule has 1 heterocycles. The predicted molar refractivity (Wildman–Crippen MR) is 122 cm³/mol. The highest BCUT2D eigenvalue weighted by Crippen LogP contribution is 2.28. The molecule has 0 aliphatic carbocycles. The smallest absolute Gasteiger partial charge is 0.196 e. The van der Waals surface area contributed by atoms with Gasteiger partial charge in [-0.15, -0.1) is 10.2 Å². The van der Waals surface area contributed by atoms with Crippen LogP contribution in [0.4, 0.5) is 0 Å². The molecule has 4 aromatic rings. The fourth-order valence-corrected chi connectivity index (χ4v) is 3.89. The second-order valence-corrected chi connectivity index (χ2v) is 7.96. The number of thioether (sulfide) groups is 1. The lowest BCUT2D eigenvalue weighted by atomic mass is 10.1. The number of hydrogen-bond donors (Lipinski definition) is 0. The van der Waals surface area contributed by atoms with E-state index < -0.39 is 0 Å². The lowest BCUT2D eigenvalue weighted by Crippen LogP contribution is -2.00. The van der Waals surface area contributed by atoms with Crippen molar-refractivity contribution in [2.75, 3.05) is 5.75 Å². The SMILES string of the molecule is Cc1ccc(-n2c(SC/C=C/c3ccccc3)nnc2-c2cccc(C)c2)cc1. The van der Waals surface area contributed by atoms with Crippen LogP contribution >= 0.6 is 11.8 Å². The largest absolute Gasteiger partial charge is 0.270 e. The molecule has 0 saturated carbocycles. The molecule has 0 atom stereocenters. The monoisotopic (exact) mass is 397 g/mol. The van der Waals surface area contributed by atoms with E-state index in [0.717, 1.165) is 28.0 Å². The summed E-state index contributed by atoms with van der Waals surface area (Å²) in [5, 5.41) is 9.93. The number of rotatable bonds is 6. The minimum Gasteiger partial charge on any atom is -0.270 e. The van der Waals surface area contributed by atoms with Crippen molar-refractivity contribution in [3.63, 3.8) is 0 Å². The Hall–Kier alpha value is -3.11. The molecule has 29 heavy (non-hydrogen) atoms. The zero-order chi connectivity index (χ0) is 20.1. The van der Waals surface area contributed by atoms with Gasteiger partial charge in [0.15, 0.2) is 11.0 Å². The van der Waals surface area contributed by atoms with Gasteiger partial charge in [0.05, 0.1) is 0 Å². The average molecular weight is 398 g/mol. The Bertz CT molecular complexity index is 1110. The summed E-state index contributed by atoms with van der Waals surface area (Å²) in [5.74, 6) is 1.69. The predicted octanol–water partition coefficient (Wildman–Crippen LogP) is 6.36. The summed E-state index contributed by atoms with van der Waals surface area (Å²) in [6.45, 7) is 4.20. The molecule has 4 heteroatoms. The number of hydrogen-bond acceptors (Lipinski definition) is 3. The Kier molecular flexibility index (Phi) is 5.92. The molecule has 0 N–H and O–H groups in total. The molecule has 0 aliphatic rings. The maximum absolute atomic E-state index is 4.53. The van der Waals surface area contributed by atoms with Crippen LogP contribution in [-0.4, -0.2) is 20.5 Å².